The molecule has 7 heteroatoms. The highest BCUT2D eigenvalue weighted by molar-refractivity contribution is 6.30. The number of nitrogens with one attached hydrogen (secondary N) is 1. The van der Waals surface area contributed by atoms with E-state index in [9.17, 15) is 4.79 Å². The molecular weight excluding hydrogens is 350 g/mol. The number of amides is 1. The first-order chi connectivity index (χ1) is 12.5. The summed E-state index contributed by atoms with van der Waals surface area (Å²) in [5.41, 5.74) is 5.11. The smallest absolute Gasteiger partial charge is 0.247 e. The standard InChI is InChI=1S/C19H20ClN5O/c1-12-9-21-25(10-12)13(2)19(26)24-8-7-17-16(11-24)18(23-22-17)14-3-5-15(20)6-4-14/h3-6,9-10,13H,7-8,11H2,1-2H3,(H,22,23)/t13-/m1/s1. The Kier molecular flexibility index (Phi) is 4.28. The van der Waals surface area contributed by atoms with E-state index in [-0.39, 0.29) is 11.9 Å². The van der Waals surface area contributed by atoms with Crippen molar-refractivity contribution in [2.45, 2.75) is 32.9 Å². The molecule has 3 heterocycles. The fraction of sp³-hybridized carbons (Fsp3) is 0.316. The summed E-state index contributed by atoms with van der Waals surface area (Å²) >= 11 is 5.99. The van der Waals surface area contributed by atoms with Crippen LogP contribution in [0, 0.1) is 6.92 Å². The zero-order valence-electron chi connectivity index (χ0n) is 14.7. The van der Waals surface area contributed by atoms with E-state index in [4.69, 9.17) is 11.6 Å². The Morgan fingerprint density at radius 2 is 2.08 bits per heavy atom. The summed E-state index contributed by atoms with van der Waals surface area (Å²) in [6.07, 6.45) is 4.44. The lowest BCUT2D eigenvalue weighted by molar-refractivity contribution is -0.135. The molecule has 0 saturated heterocycles. The SMILES string of the molecule is Cc1cnn([C@H](C)C(=O)N2CCc3[nH]nc(-c4ccc(Cl)cc4)c3C2)c1. The Bertz CT molecular complexity index is 943. The molecule has 1 N–H and O–H groups in total. The number of carbonyl (C=O) groups excluding carboxylic acids is 1. The number of rotatable bonds is 3. The predicted octanol–water partition coefficient (Wildman–Crippen LogP) is 3.38. The Balaban J connectivity index is 1.58. The van der Waals surface area contributed by atoms with Gasteiger partial charge in [-0.15, -0.1) is 0 Å². The van der Waals surface area contributed by atoms with Crippen LogP contribution in [-0.2, 0) is 17.8 Å². The van der Waals surface area contributed by atoms with Crippen LogP contribution in [0.5, 0.6) is 0 Å². The van der Waals surface area contributed by atoms with Crippen molar-refractivity contribution in [2.24, 2.45) is 0 Å². The highest BCUT2D eigenvalue weighted by atomic mass is 35.5. The van der Waals surface area contributed by atoms with Gasteiger partial charge in [0.1, 0.15) is 6.04 Å². The Labute approximate surface area is 156 Å². The van der Waals surface area contributed by atoms with Crippen molar-refractivity contribution in [3.8, 4) is 11.3 Å². The van der Waals surface area contributed by atoms with Gasteiger partial charge in [-0.1, -0.05) is 23.7 Å². The Hall–Kier alpha value is -2.60. The molecule has 26 heavy (non-hydrogen) atoms. The van der Waals surface area contributed by atoms with Crippen molar-refractivity contribution < 1.29 is 4.79 Å². The number of nitrogens with zero attached hydrogens (tertiary/aromatic N) is 4. The third-order valence-electron chi connectivity index (χ3n) is 4.85. The topological polar surface area (TPSA) is 66.8 Å². The van der Waals surface area contributed by atoms with Gasteiger partial charge in [-0.3, -0.25) is 14.6 Å². The summed E-state index contributed by atoms with van der Waals surface area (Å²) in [7, 11) is 0. The number of hydrogen-bond donors (Lipinski definition) is 1. The third-order valence-corrected chi connectivity index (χ3v) is 5.10. The summed E-state index contributed by atoms with van der Waals surface area (Å²) in [5, 5.41) is 12.6. The number of fused-ring (bicyclic) bond motifs is 1. The molecule has 2 aromatic heterocycles. The van der Waals surface area contributed by atoms with Gasteiger partial charge in [0.25, 0.3) is 0 Å². The average molecular weight is 370 g/mol. The van der Waals surface area contributed by atoms with Crippen LogP contribution in [0.4, 0.5) is 0 Å². The van der Waals surface area contributed by atoms with Gasteiger partial charge in [0, 0.05) is 47.6 Å². The summed E-state index contributed by atoms with van der Waals surface area (Å²) in [6, 6.07) is 7.29. The van der Waals surface area contributed by atoms with Crippen LogP contribution in [-0.4, -0.2) is 37.3 Å². The molecule has 0 bridgehead atoms. The monoisotopic (exact) mass is 369 g/mol. The van der Waals surface area contributed by atoms with Crippen LogP contribution in [0.2, 0.25) is 5.02 Å². The molecule has 4 rings (SSSR count). The average Bonchev–Trinajstić information content (AvgIpc) is 3.27. The summed E-state index contributed by atoms with van der Waals surface area (Å²) in [6.45, 7) is 5.09. The minimum absolute atomic E-state index is 0.0713. The number of benzene rings is 1. The number of halogens is 1. The number of aromatic amines is 1. The Morgan fingerprint density at radius 3 is 2.77 bits per heavy atom. The predicted molar refractivity (Wildman–Crippen MR) is 99.8 cm³/mol. The Morgan fingerprint density at radius 1 is 1.31 bits per heavy atom. The van der Waals surface area contributed by atoms with E-state index in [0.29, 0.717) is 18.1 Å². The van der Waals surface area contributed by atoms with Gasteiger partial charge >= 0.3 is 0 Å². The maximum atomic E-state index is 12.9. The maximum absolute atomic E-state index is 12.9. The molecule has 0 aliphatic carbocycles. The molecule has 0 saturated carbocycles. The van der Waals surface area contributed by atoms with E-state index in [0.717, 1.165) is 34.5 Å². The van der Waals surface area contributed by atoms with E-state index in [1.807, 2.05) is 49.2 Å². The molecule has 0 spiro atoms. The molecule has 3 aromatic rings. The highest BCUT2D eigenvalue weighted by Gasteiger charge is 2.29. The molecule has 0 fully saturated rings. The second-order valence-corrected chi connectivity index (χ2v) is 7.16. The summed E-state index contributed by atoms with van der Waals surface area (Å²) < 4.78 is 1.72. The molecule has 0 radical (unpaired) electrons. The van der Waals surface area contributed by atoms with E-state index in [1.165, 1.54) is 0 Å². The number of carbonyl (C=O) groups is 1. The van der Waals surface area contributed by atoms with Crippen molar-refractivity contribution in [1.82, 2.24) is 24.9 Å². The van der Waals surface area contributed by atoms with Gasteiger partial charge in [0.15, 0.2) is 0 Å². The number of aryl methyl sites for hydroxylation is 1. The largest absolute Gasteiger partial charge is 0.336 e. The zero-order chi connectivity index (χ0) is 18.3. The first-order valence-electron chi connectivity index (χ1n) is 8.64. The lowest BCUT2D eigenvalue weighted by Gasteiger charge is -2.29. The van der Waals surface area contributed by atoms with Gasteiger partial charge in [-0.2, -0.15) is 10.2 Å². The van der Waals surface area contributed by atoms with Gasteiger partial charge in [-0.05, 0) is 31.5 Å². The number of H-pyrrole nitrogens is 1. The van der Waals surface area contributed by atoms with Gasteiger partial charge in [0.2, 0.25) is 5.91 Å². The van der Waals surface area contributed by atoms with E-state index in [1.54, 1.807) is 10.9 Å². The summed E-state index contributed by atoms with van der Waals surface area (Å²) in [5.74, 6) is 0.0713. The molecule has 1 aliphatic rings. The first kappa shape index (κ1) is 16.8. The van der Waals surface area contributed by atoms with Crippen molar-refractivity contribution in [1.29, 1.82) is 0 Å². The molecular formula is C19H20ClN5O. The second-order valence-electron chi connectivity index (χ2n) is 6.72. The quantitative estimate of drug-likeness (QED) is 0.769. The molecule has 1 aromatic carbocycles. The van der Waals surface area contributed by atoms with Gasteiger partial charge in [0.05, 0.1) is 11.9 Å². The number of aromatic nitrogens is 4. The highest BCUT2D eigenvalue weighted by Crippen LogP contribution is 2.30. The van der Waals surface area contributed by atoms with Crippen molar-refractivity contribution >= 4 is 17.5 Å². The van der Waals surface area contributed by atoms with Gasteiger partial charge < -0.3 is 4.90 Å². The fourth-order valence-electron chi connectivity index (χ4n) is 3.35. The molecule has 1 aliphatic heterocycles. The molecule has 6 nitrogen and oxygen atoms in total. The van der Waals surface area contributed by atoms with Crippen LogP contribution in [0.15, 0.2) is 36.7 Å². The lowest BCUT2D eigenvalue weighted by atomic mass is 10.0. The summed E-state index contributed by atoms with van der Waals surface area (Å²) in [4.78, 5) is 14.8. The van der Waals surface area contributed by atoms with E-state index in [2.05, 4.69) is 15.3 Å². The third kappa shape index (κ3) is 3.01. The van der Waals surface area contributed by atoms with Gasteiger partial charge in [-0.25, -0.2) is 0 Å². The minimum atomic E-state index is -0.323. The van der Waals surface area contributed by atoms with Crippen LogP contribution in [0.25, 0.3) is 11.3 Å². The first-order valence-corrected chi connectivity index (χ1v) is 9.02. The number of hydrogen-bond acceptors (Lipinski definition) is 3. The van der Waals surface area contributed by atoms with Crippen LogP contribution in [0.1, 0.15) is 29.8 Å². The van der Waals surface area contributed by atoms with E-state index >= 15 is 0 Å². The lowest BCUT2D eigenvalue weighted by Crippen LogP contribution is -2.39. The maximum Gasteiger partial charge on any atom is 0.247 e. The minimum Gasteiger partial charge on any atom is -0.336 e. The fourth-order valence-corrected chi connectivity index (χ4v) is 3.48. The molecule has 0 unspecified atom stereocenters. The van der Waals surface area contributed by atoms with Crippen LogP contribution in [0.3, 0.4) is 0 Å². The van der Waals surface area contributed by atoms with Crippen molar-refractivity contribution in [3.05, 3.63) is 58.5 Å². The van der Waals surface area contributed by atoms with Crippen LogP contribution < -0.4 is 0 Å². The van der Waals surface area contributed by atoms with Crippen molar-refractivity contribution in [3.63, 3.8) is 0 Å². The van der Waals surface area contributed by atoms with Crippen LogP contribution >= 0.6 is 11.6 Å². The van der Waals surface area contributed by atoms with Crippen molar-refractivity contribution in [2.75, 3.05) is 6.54 Å². The normalized spacial score (nSPS) is 15.0. The molecule has 1 atom stereocenters. The molecule has 1 amide bonds. The zero-order valence-corrected chi connectivity index (χ0v) is 15.5. The molecule has 134 valence electrons. The van der Waals surface area contributed by atoms with E-state index < -0.39 is 0 Å². The second kappa shape index (κ2) is 6.61.